The van der Waals surface area contributed by atoms with Gasteiger partial charge in [-0.25, -0.2) is 4.79 Å². The number of benzene rings is 3. The van der Waals surface area contributed by atoms with E-state index in [0.29, 0.717) is 16.5 Å². The molecule has 0 bridgehead atoms. The molecule has 0 unspecified atom stereocenters. The number of hydrogen-bond donors (Lipinski definition) is 1. The van der Waals surface area contributed by atoms with E-state index in [1.54, 1.807) is 42.5 Å². The fraction of sp³-hybridized carbons (Fsp3) is 0.160. The number of carboxylic acids is 1. The molecule has 3 aromatic carbocycles. The van der Waals surface area contributed by atoms with Gasteiger partial charge in [0.25, 0.3) is 0 Å². The molecule has 1 N–H and O–H groups in total. The number of ether oxygens (including phenoxy) is 1. The van der Waals surface area contributed by atoms with Gasteiger partial charge in [-0.1, -0.05) is 41.9 Å². The Kier molecular flexibility index (Phi) is 9.71. The summed E-state index contributed by atoms with van der Waals surface area (Å²) in [6, 6.07) is 17.9. The SMILES string of the molecule is CS(=O)(=O)Oc1ccc(C(=CCSc2ccc(OCC(=O)O)cc2Cl)c2ccc(OS(C)(=O)=O)cc2)cc1. The van der Waals surface area contributed by atoms with Crippen LogP contribution in [0.5, 0.6) is 17.2 Å². The molecule has 0 amide bonds. The molecule has 202 valence electrons. The van der Waals surface area contributed by atoms with E-state index >= 15 is 0 Å². The lowest BCUT2D eigenvalue weighted by molar-refractivity contribution is -0.139. The Morgan fingerprint density at radius 3 is 1.74 bits per heavy atom. The van der Waals surface area contributed by atoms with Crippen molar-refractivity contribution in [3.05, 3.63) is 89.0 Å². The molecule has 0 atom stereocenters. The number of carbonyl (C=O) groups is 1. The number of hydrogen-bond acceptors (Lipinski definition) is 9. The first-order valence-corrected chi connectivity index (χ1v) is 15.8. The molecule has 0 aromatic heterocycles. The van der Waals surface area contributed by atoms with Gasteiger partial charge in [0.15, 0.2) is 6.61 Å². The summed E-state index contributed by atoms with van der Waals surface area (Å²) in [6.07, 6.45) is 3.85. The van der Waals surface area contributed by atoms with Crippen molar-refractivity contribution in [1.82, 2.24) is 0 Å². The molecule has 3 aromatic rings. The zero-order valence-electron chi connectivity index (χ0n) is 20.2. The van der Waals surface area contributed by atoms with Crippen LogP contribution in [0.15, 0.2) is 77.7 Å². The third kappa shape index (κ3) is 9.60. The van der Waals surface area contributed by atoms with E-state index in [9.17, 15) is 21.6 Å². The summed E-state index contributed by atoms with van der Waals surface area (Å²) in [6.45, 7) is -0.475. The fourth-order valence-electron chi connectivity index (χ4n) is 3.18. The average molecular weight is 599 g/mol. The number of carboxylic acid groups (broad SMARTS) is 1. The number of thioether (sulfide) groups is 1. The van der Waals surface area contributed by atoms with Gasteiger partial charge in [-0.15, -0.1) is 11.8 Å². The molecule has 9 nitrogen and oxygen atoms in total. The summed E-state index contributed by atoms with van der Waals surface area (Å²) in [5, 5.41) is 9.15. The minimum atomic E-state index is -3.67. The maximum Gasteiger partial charge on any atom is 0.341 e. The number of rotatable bonds is 12. The van der Waals surface area contributed by atoms with Crippen molar-refractivity contribution in [3.63, 3.8) is 0 Å². The van der Waals surface area contributed by atoms with Gasteiger partial charge in [0, 0.05) is 10.6 Å². The van der Waals surface area contributed by atoms with Crippen molar-refractivity contribution < 1.29 is 39.8 Å². The molecule has 0 aliphatic carbocycles. The molecule has 0 aliphatic heterocycles. The smallest absolute Gasteiger partial charge is 0.341 e. The van der Waals surface area contributed by atoms with Gasteiger partial charge in [0.1, 0.15) is 17.2 Å². The van der Waals surface area contributed by atoms with E-state index in [1.165, 1.54) is 36.0 Å². The zero-order valence-corrected chi connectivity index (χ0v) is 23.4. The molecule has 0 aliphatic rings. The van der Waals surface area contributed by atoms with Gasteiger partial charge in [-0.2, -0.15) is 16.8 Å². The van der Waals surface area contributed by atoms with Crippen LogP contribution < -0.4 is 13.1 Å². The molecular formula is C25H23ClO9S3. The van der Waals surface area contributed by atoms with Crippen LogP contribution in [0.3, 0.4) is 0 Å². The van der Waals surface area contributed by atoms with Gasteiger partial charge in [-0.05, 0) is 59.2 Å². The van der Waals surface area contributed by atoms with Crippen LogP contribution in [-0.2, 0) is 25.0 Å². The molecule has 0 heterocycles. The van der Waals surface area contributed by atoms with E-state index in [2.05, 4.69) is 0 Å². The number of halogens is 1. The first kappa shape index (κ1) is 29.4. The van der Waals surface area contributed by atoms with E-state index in [-0.39, 0.29) is 11.5 Å². The van der Waals surface area contributed by atoms with Crippen LogP contribution in [-0.4, -0.2) is 52.8 Å². The molecular weight excluding hydrogens is 576 g/mol. The minimum absolute atomic E-state index is 0.166. The first-order valence-electron chi connectivity index (χ1n) is 10.8. The largest absolute Gasteiger partial charge is 0.482 e. The lowest BCUT2D eigenvalue weighted by Crippen LogP contribution is -2.09. The van der Waals surface area contributed by atoms with E-state index < -0.39 is 32.8 Å². The molecule has 38 heavy (non-hydrogen) atoms. The Morgan fingerprint density at radius 1 is 0.842 bits per heavy atom. The second kappa shape index (κ2) is 12.6. The lowest BCUT2D eigenvalue weighted by Gasteiger charge is -2.12. The summed E-state index contributed by atoms with van der Waals surface area (Å²) in [7, 11) is -7.35. The second-order valence-electron chi connectivity index (χ2n) is 7.83. The highest BCUT2D eigenvalue weighted by Crippen LogP contribution is 2.33. The van der Waals surface area contributed by atoms with Crippen LogP contribution in [0.2, 0.25) is 5.02 Å². The highest BCUT2D eigenvalue weighted by Gasteiger charge is 2.11. The van der Waals surface area contributed by atoms with Gasteiger partial charge < -0.3 is 18.2 Å². The normalized spacial score (nSPS) is 11.4. The van der Waals surface area contributed by atoms with Gasteiger partial charge >= 0.3 is 26.2 Å². The Bertz CT molecular complexity index is 1450. The van der Waals surface area contributed by atoms with E-state index in [1.807, 2.05) is 6.08 Å². The molecule has 0 fully saturated rings. The Hall–Kier alpha value is -3.19. The lowest BCUT2D eigenvalue weighted by atomic mass is 9.97. The van der Waals surface area contributed by atoms with E-state index in [0.717, 1.165) is 34.1 Å². The molecule has 13 heteroatoms. The van der Waals surface area contributed by atoms with Crippen molar-refractivity contribution >= 4 is 55.1 Å². The highest BCUT2D eigenvalue weighted by atomic mass is 35.5. The Morgan fingerprint density at radius 2 is 1.32 bits per heavy atom. The highest BCUT2D eigenvalue weighted by molar-refractivity contribution is 7.99. The monoisotopic (exact) mass is 598 g/mol. The average Bonchev–Trinajstić information content (AvgIpc) is 2.81. The van der Waals surface area contributed by atoms with Crippen molar-refractivity contribution in [3.8, 4) is 17.2 Å². The molecule has 0 saturated carbocycles. The predicted molar refractivity (Wildman–Crippen MR) is 146 cm³/mol. The topological polar surface area (TPSA) is 133 Å². The van der Waals surface area contributed by atoms with Crippen molar-refractivity contribution in [1.29, 1.82) is 0 Å². The predicted octanol–water partition coefficient (Wildman–Crippen LogP) is 4.70. The van der Waals surface area contributed by atoms with Crippen LogP contribution in [0.4, 0.5) is 0 Å². The quantitative estimate of drug-likeness (QED) is 0.231. The maximum absolute atomic E-state index is 11.4. The summed E-state index contributed by atoms with van der Waals surface area (Å²) < 4.78 is 60.7. The van der Waals surface area contributed by atoms with Crippen molar-refractivity contribution in [2.24, 2.45) is 0 Å². The molecule has 3 rings (SSSR count). The van der Waals surface area contributed by atoms with Gasteiger partial charge in [-0.3, -0.25) is 0 Å². The van der Waals surface area contributed by atoms with Crippen molar-refractivity contribution in [2.75, 3.05) is 24.9 Å². The summed E-state index contributed by atoms with van der Waals surface area (Å²) in [5.74, 6) is 0.0562. The van der Waals surface area contributed by atoms with Crippen LogP contribution in [0.1, 0.15) is 11.1 Å². The molecule has 0 spiro atoms. The molecule has 0 radical (unpaired) electrons. The van der Waals surface area contributed by atoms with Crippen LogP contribution in [0, 0.1) is 0 Å². The third-order valence-electron chi connectivity index (χ3n) is 4.62. The van der Waals surface area contributed by atoms with Gasteiger partial charge in [0.05, 0.1) is 17.5 Å². The van der Waals surface area contributed by atoms with Crippen LogP contribution >= 0.6 is 23.4 Å². The van der Waals surface area contributed by atoms with E-state index in [4.69, 9.17) is 29.8 Å². The van der Waals surface area contributed by atoms with Gasteiger partial charge in [0.2, 0.25) is 0 Å². The Balaban J connectivity index is 1.86. The maximum atomic E-state index is 11.4. The first-order chi connectivity index (χ1) is 17.8. The third-order valence-corrected chi connectivity index (χ3v) is 7.03. The summed E-state index contributed by atoms with van der Waals surface area (Å²) >= 11 is 7.77. The summed E-state index contributed by atoms with van der Waals surface area (Å²) in [5.41, 5.74) is 2.30. The second-order valence-corrected chi connectivity index (χ2v) is 12.4. The zero-order chi connectivity index (χ0) is 27.9. The fourth-order valence-corrected chi connectivity index (χ4v) is 5.23. The molecule has 0 saturated heterocycles. The van der Waals surface area contributed by atoms with Crippen LogP contribution in [0.25, 0.3) is 5.57 Å². The minimum Gasteiger partial charge on any atom is -0.482 e. The number of aliphatic carboxylic acids is 1. The Labute approximate surface area is 230 Å². The standard InChI is InChI=1S/C25H23ClO9S3/c1-37(29,30)34-19-7-3-17(4-8-19)22(18-5-9-20(10-6-18)35-38(2,31)32)13-14-36-24-12-11-21(15-23(24)26)33-16-25(27)28/h3-13,15H,14,16H2,1-2H3,(H,27,28). The summed E-state index contributed by atoms with van der Waals surface area (Å²) in [4.78, 5) is 11.4. The van der Waals surface area contributed by atoms with Crippen molar-refractivity contribution in [2.45, 2.75) is 4.90 Å².